The highest BCUT2D eigenvalue weighted by Gasteiger charge is 2.15. The van der Waals surface area contributed by atoms with E-state index in [9.17, 15) is 15.0 Å². The minimum Gasteiger partial charge on any atom is -0.506 e. The van der Waals surface area contributed by atoms with Crippen molar-refractivity contribution in [3.05, 3.63) is 50.3 Å². The van der Waals surface area contributed by atoms with Crippen LogP contribution in [0.25, 0.3) is 0 Å². The van der Waals surface area contributed by atoms with Crippen LogP contribution in [0.15, 0.2) is 28.0 Å². The van der Waals surface area contributed by atoms with E-state index >= 15 is 0 Å². The van der Waals surface area contributed by atoms with Crippen LogP contribution in [0.4, 0.5) is 5.69 Å². The second kappa shape index (κ2) is 5.92. The first-order chi connectivity index (χ1) is 10.4. The maximum absolute atomic E-state index is 11.8. The second-order valence-corrected chi connectivity index (χ2v) is 5.04. The van der Waals surface area contributed by atoms with Gasteiger partial charge >= 0.3 is 0 Å². The van der Waals surface area contributed by atoms with Crippen LogP contribution < -0.4 is 5.56 Å². The predicted octanol–water partition coefficient (Wildman–Crippen LogP) is 2.38. The molecule has 1 heterocycles. The molecule has 0 bridgehead atoms. The number of pyridine rings is 1. The third-order valence-electron chi connectivity index (χ3n) is 3.24. The smallest absolute Gasteiger partial charge is 0.271 e. The Labute approximate surface area is 131 Å². The van der Waals surface area contributed by atoms with Gasteiger partial charge in [-0.2, -0.15) is 5.26 Å². The molecule has 0 saturated carbocycles. The van der Waals surface area contributed by atoms with E-state index in [1.807, 2.05) is 6.07 Å². The summed E-state index contributed by atoms with van der Waals surface area (Å²) in [6.45, 7) is 1.54. The van der Waals surface area contributed by atoms with E-state index in [1.165, 1.54) is 31.5 Å². The molecule has 0 atom stereocenters. The summed E-state index contributed by atoms with van der Waals surface area (Å²) in [7, 11) is 1.35. The molecule has 2 aromatic rings. The summed E-state index contributed by atoms with van der Waals surface area (Å²) >= 11 is 5.83. The van der Waals surface area contributed by atoms with Gasteiger partial charge in [-0.3, -0.25) is 14.4 Å². The summed E-state index contributed by atoms with van der Waals surface area (Å²) in [6, 6.07) is 6.17. The van der Waals surface area contributed by atoms with Crippen LogP contribution in [0.1, 0.15) is 16.7 Å². The highest BCUT2D eigenvalue weighted by atomic mass is 35.5. The average molecular weight is 318 g/mol. The van der Waals surface area contributed by atoms with E-state index in [-0.39, 0.29) is 28.4 Å². The summed E-state index contributed by atoms with van der Waals surface area (Å²) < 4.78 is 0.963. The predicted molar refractivity (Wildman–Crippen MR) is 83.2 cm³/mol. The lowest BCUT2D eigenvalue weighted by atomic mass is 10.1. The zero-order valence-electron chi connectivity index (χ0n) is 11.8. The average Bonchev–Trinajstić information content (AvgIpc) is 2.49. The first-order valence-corrected chi connectivity index (χ1v) is 6.59. The number of aromatic hydroxyl groups is 2. The molecule has 7 heteroatoms. The molecule has 2 N–H and O–H groups in total. The number of halogens is 1. The van der Waals surface area contributed by atoms with E-state index in [1.54, 1.807) is 6.92 Å². The van der Waals surface area contributed by atoms with Gasteiger partial charge < -0.3 is 10.2 Å². The summed E-state index contributed by atoms with van der Waals surface area (Å²) in [6.07, 6.45) is 1.27. The van der Waals surface area contributed by atoms with Gasteiger partial charge in [-0.05, 0) is 30.7 Å². The third-order valence-corrected chi connectivity index (χ3v) is 3.47. The molecule has 2 rings (SSSR count). The van der Waals surface area contributed by atoms with Crippen molar-refractivity contribution in [1.82, 2.24) is 4.57 Å². The number of aliphatic imine (C=N–C) groups is 1. The topological polar surface area (TPSA) is 98.6 Å². The van der Waals surface area contributed by atoms with Crippen molar-refractivity contribution in [1.29, 1.82) is 5.26 Å². The lowest BCUT2D eigenvalue weighted by Gasteiger charge is -2.09. The number of hydrogen-bond donors (Lipinski definition) is 2. The summed E-state index contributed by atoms with van der Waals surface area (Å²) in [5, 5.41) is 29.2. The van der Waals surface area contributed by atoms with Gasteiger partial charge in [0, 0.05) is 18.3 Å². The van der Waals surface area contributed by atoms with Crippen LogP contribution >= 0.6 is 11.6 Å². The molecule has 0 fully saturated rings. The molecule has 0 aliphatic rings. The van der Waals surface area contributed by atoms with Crippen LogP contribution in [0.2, 0.25) is 5.02 Å². The Morgan fingerprint density at radius 3 is 2.73 bits per heavy atom. The lowest BCUT2D eigenvalue weighted by molar-refractivity contribution is 0.421. The molecule has 112 valence electrons. The van der Waals surface area contributed by atoms with Crippen molar-refractivity contribution in [2.45, 2.75) is 6.92 Å². The molecule has 22 heavy (non-hydrogen) atoms. The third kappa shape index (κ3) is 2.67. The van der Waals surface area contributed by atoms with Gasteiger partial charge in [-0.25, -0.2) is 0 Å². The molecule has 0 amide bonds. The maximum atomic E-state index is 11.8. The van der Waals surface area contributed by atoms with E-state index in [4.69, 9.17) is 16.9 Å². The number of nitrogens with zero attached hydrogens (tertiary/aromatic N) is 3. The fourth-order valence-corrected chi connectivity index (χ4v) is 2.09. The molecular weight excluding hydrogens is 306 g/mol. The summed E-state index contributed by atoms with van der Waals surface area (Å²) in [5.74, 6) is -0.394. The van der Waals surface area contributed by atoms with Gasteiger partial charge in [0.05, 0.1) is 5.56 Å². The highest BCUT2D eigenvalue weighted by molar-refractivity contribution is 6.30. The second-order valence-electron chi connectivity index (χ2n) is 4.60. The van der Waals surface area contributed by atoms with Crippen molar-refractivity contribution >= 4 is 23.5 Å². The number of benzene rings is 1. The van der Waals surface area contributed by atoms with Gasteiger partial charge in [0.1, 0.15) is 23.1 Å². The molecule has 0 aliphatic carbocycles. The molecule has 0 unspecified atom stereocenters. The van der Waals surface area contributed by atoms with Crippen molar-refractivity contribution in [3.8, 4) is 17.7 Å². The van der Waals surface area contributed by atoms with Crippen LogP contribution in [0, 0.1) is 18.3 Å². The highest BCUT2D eigenvalue weighted by Crippen LogP contribution is 2.29. The standard InChI is InChI=1S/C15H12ClN3O3/c1-8-10(6-17)14(21)19(2)15(22)11(8)7-18-12-5-9(16)3-4-13(12)20/h3-5,7,20,22H,1-2H3. The Balaban J connectivity index is 2.62. The van der Waals surface area contributed by atoms with Gasteiger partial charge in [-0.15, -0.1) is 0 Å². The van der Waals surface area contributed by atoms with E-state index < -0.39 is 5.56 Å². The zero-order valence-corrected chi connectivity index (χ0v) is 12.6. The molecule has 0 aliphatic heterocycles. The minimum absolute atomic E-state index is 0.0722. The van der Waals surface area contributed by atoms with Gasteiger partial charge in [0.25, 0.3) is 5.56 Å². The molecule has 6 nitrogen and oxygen atoms in total. The van der Waals surface area contributed by atoms with Crippen LogP contribution in [0.3, 0.4) is 0 Å². The minimum atomic E-state index is -0.583. The normalized spacial score (nSPS) is 10.8. The fraction of sp³-hybridized carbons (Fsp3) is 0.133. The molecule has 1 aromatic carbocycles. The quantitative estimate of drug-likeness (QED) is 0.831. The van der Waals surface area contributed by atoms with Crippen molar-refractivity contribution in [2.24, 2.45) is 12.0 Å². The van der Waals surface area contributed by atoms with E-state index in [0.717, 1.165) is 4.57 Å². The first-order valence-electron chi connectivity index (χ1n) is 6.22. The number of phenols is 1. The fourth-order valence-electron chi connectivity index (χ4n) is 1.93. The number of nitriles is 1. The molecule has 1 aromatic heterocycles. The Bertz CT molecular complexity index is 879. The summed E-state index contributed by atoms with van der Waals surface area (Å²) in [5.41, 5.74) is 0.0855. The monoisotopic (exact) mass is 317 g/mol. The van der Waals surface area contributed by atoms with Crippen LogP contribution in [-0.2, 0) is 7.05 Å². The molecule has 0 saturated heterocycles. The van der Waals surface area contributed by atoms with Crippen molar-refractivity contribution in [2.75, 3.05) is 0 Å². The van der Waals surface area contributed by atoms with Gasteiger partial charge in [0.2, 0.25) is 5.88 Å². The van der Waals surface area contributed by atoms with E-state index in [2.05, 4.69) is 4.99 Å². The van der Waals surface area contributed by atoms with Crippen LogP contribution in [0.5, 0.6) is 11.6 Å². The Morgan fingerprint density at radius 1 is 1.41 bits per heavy atom. The van der Waals surface area contributed by atoms with Crippen LogP contribution in [-0.4, -0.2) is 21.0 Å². The first kappa shape index (κ1) is 15.6. The number of hydrogen-bond acceptors (Lipinski definition) is 5. The van der Waals surface area contributed by atoms with Crippen molar-refractivity contribution < 1.29 is 10.2 Å². The largest absolute Gasteiger partial charge is 0.506 e. The van der Waals surface area contributed by atoms with Crippen molar-refractivity contribution in [3.63, 3.8) is 0 Å². The van der Waals surface area contributed by atoms with Gasteiger partial charge in [-0.1, -0.05) is 11.6 Å². The van der Waals surface area contributed by atoms with E-state index in [0.29, 0.717) is 10.6 Å². The Hall–Kier alpha value is -2.78. The number of phenolic OH excluding ortho intramolecular Hbond substituents is 1. The van der Waals surface area contributed by atoms with Gasteiger partial charge in [0.15, 0.2) is 0 Å². The zero-order chi connectivity index (χ0) is 16.4. The Morgan fingerprint density at radius 2 is 2.09 bits per heavy atom. The maximum Gasteiger partial charge on any atom is 0.271 e. The molecular formula is C15H12ClN3O3. The molecule has 0 spiro atoms. The number of aromatic nitrogens is 1. The SMILES string of the molecule is Cc1c(C=Nc2cc(Cl)ccc2O)c(O)n(C)c(=O)c1C#N. The lowest BCUT2D eigenvalue weighted by Crippen LogP contribution is -2.22. The molecule has 0 radical (unpaired) electrons. The Kier molecular flexibility index (Phi) is 4.20. The summed E-state index contributed by atoms with van der Waals surface area (Å²) in [4.78, 5) is 15.9. The number of rotatable bonds is 2.